The zero-order valence-corrected chi connectivity index (χ0v) is 8.27. The molecule has 1 aliphatic rings. The van der Waals surface area contributed by atoms with Crippen molar-refractivity contribution in [2.45, 2.75) is 38.4 Å². The first-order valence-corrected chi connectivity index (χ1v) is 4.75. The molecule has 0 saturated carbocycles. The third kappa shape index (κ3) is 4.08. The summed E-state index contributed by atoms with van der Waals surface area (Å²) in [5, 5.41) is 10.7. The molecule has 0 radical (unpaired) electrons. The predicted octanol–water partition coefficient (Wildman–Crippen LogP) is 1.71. The standard InChI is InChI=1S/C10H17NO2/c1-9(8-11(2)12)13-10-6-4-3-5-7-10/h4,6,8-10H,3,5,7H2,1-2H3/b11-8-/t9-,10-/m0/s1. The van der Waals surface area contributed by atoms with Crippen molar-refractivity contribution in [3.63, 3.8) is 0 Å². The fourth-order valence-electron chi connectivity index (χ4n) is 1.50. The van der Waals surface area contributed by atoms with Crippen molar-refractivity contribution in [2.24, 2.45) is 0 Å². The van der Waals surface area contributed by atoms with Gasteiger partial charge in [-0.25, -0.2) is 4.74 Å². The van der Waals surface area contributed by atoms with Gasteiger partial charge in [0.05, 0.1) is 6.10 Å². The van der Waals surface area contributed by atoms with E-state index in [0.29, 0.717) is 0 Å². The third-order valence-electron chi connectivity index (χ3n) is 2.02. The van der Waals surface area contributed by atoms with E-state index in [2.05, 4.69) is 12.2 Å². The minimum absolute atomic E-state index is 0.102. The molecule has 0 aromatic heterocycles. The Morgan fingerprint density at radius 2 is 2.46 bits per heavy atom. The van der Waals surface area contributed by atoms with Crippen LogP contribution in [0.2, 0.25) is 0 Å². The van der Waals surface area contributed by atoms with E-state index >= 15 is 0 Å². The monoisotopic (exact) mass is 183 g/mol. The number of nitrogens with zero attached hydrogens (tertiary/aromatic N) is 1. The van der Waals surface area contributed by atoms with Gasteiger partial charge < -0.3 is 9.94 Å². The number of allylic oxidation sites excluding steroid dienone is 1. The molecule has 2 atom stereocenters. The van der Waals surface area contributed by atoms with E-state index in [-0.39, 0.29) is 12.2 Å². The fraction of sp³-hybridized carbons (Fsp3) is 0.700. The highest BCUT2D eigenvalue weighted by molar-refractivity contribution is 5.56. The highest BCUT2D eigenvalue weighted by atomic mass is 16.5. The summed E-state index contributed by atoms with van der Waals surface area (Å²) < 4.78 is 6.41. The molecule has 0 aliphatic heterocycles. The number of rotatable bonds is 3. The van der Waals surface area contributed by atoms with E-state index < -0.39 is 0 Å². The minimum atomic E-state index is -0.102. The Morgan fingerprint density at radius 3 is 3.00 bits per heavy atom. The molecule has 1 aliphatic carbocycles. The average molecular weight is 183 g/mol. The van der Waals surface area contributed by atoms with Gasteiger partial charge in [0.2, 0.25) is 0 Å². The summed E-state index contributed by atoms with van der Waals surface area (Å²) in [6.45, 7) is 1.89. The highest BCUT2D eigenvalue weighted by Crippen LogP contribution is 2.14. The van der Waals surface area contributed by atoms with Gasteiger partial charge in [-0.2, -0.15) is 0 Å². The smallest absolute Gasteiger partial charge is 0.179 e. The van der Waals surface area contributed by atoms with Crippen LogP contribution in [0.4, 0.5) is 0 Å². The molecule has 0 amide bonds. The maximum Gasteiger partial charge on any atom is 0.179 e. The maximum atomic E-state index is 10.7. The zero-order valence-electron chi connectivity index (χ0n) is 8.27. The van der Waals surface area contributed by atoms with Crippen LogP contribution in [0.1, 0.15) is 26.2 Å². The van der Waals surface area contributed by atoms with Crippen LogP contribution in [0.15, 0.2) is 12.2 Å². The second-order valence-corrected chi connectivity index (χ2v) is 3.43. The molecule has 0 aromatic rings. The van der Waals surface area contributed by atoms with Gasteiger partial charge in [-0.05, 0) is 26.2 Å². The minimum Gasteiger partial charge on any atom is -0.624 e. The van der Waals surface area contributed by atoms with Crippen molar-refractivity contribution in [3.05, 3.63) is 17.4 Å². The largest absolute Gasteiger partial charge is 0.624 e. The Kier molecular flexibility index (Phi) is 3.96. The molecule has 3 heteroatoms. The van der Waals surface area contributed by atoms with E-state index in [1.54, 1.807) is 0 Å². The molecular formula is C10H17NO2. The number of ether oxygens (including phenoxy) is 1. The predicted molar refractivity (Wildman–Crippen MR) is 52.9 cm³/mol. The van der Waals surface area contributed by atoms with Gasteiger partial charge in [0, 0.05) is 0 Å². The Morgan fingerprint density at radius 1 is 1.69 bits per heavy atom. The summed E-state index contributed by atoms with van der Waals surface area (Å²) in [5.74, 6) is 0. The van der Waals surface area contributed by atoms with Gasteiger partial charge in [0.25, 0.3) is 0 Å². The van der Waals surface area contributed by atoms with Crippen molar-refractivity contribution in [1.29, 1.82) is 0 Å². The first-order chi connectivity index (χ1) is 6.18. The topological polar surface area (TPSA) is 35.3 Å². The zero-order chi connectivity index (χ0) is 9.68. The molecule has 3 nitrogen and oxygen atoms in total. The molecule has 0 heterocycles. The lowest BCUT2D eigenvalue weighted by Crippen LogP contribution is -2.23. The van der Waals surface area contributed by atoms with E-state index in [0.717, 1.165) is 17.6 Å². The Bertz CT molecular complexity index is 207. The summed E-state index contributed by atoms with van der Waals surface area (Å²) in [6, 6.07) is 0. The Balaban J connectivity index is 2.34. The van der Waals surface area contributed by atoms with Crippen molar-refractivity contribution in [3.8, 4) is 0 Å². The lowest BCUT2D eigenvalue weighted by molar-refractivity contribution is -0.420. The van der Waals surface area contributed by atoms with Crippen LogP contribution < -0.4 is 0 Å². The maximum absolute atomic E-state index is 10.7. The van der Waals surface area contributed by atoms with Gasteiger partial charge in [0.1, 0.15) is 13.2 Å². The number of hydrogen-bond acceptors (Lipinski definition) is 2. The SMILES string of the molecule is C[C@@H](/C=[N+](/C)[O-])O[C@H]1C=CCCC1. The molecule has 0 unspecified atom stereocenters. The van der Waals surface area contributed by atoms with Gasteiger partial charge in [0.15, 0.2) is 6.21 Å². The molecule has 0 fully saturated rings. The molecule has 0 saturated heterocycles. The lowest BCUT2D eigenvalue weighted by atomic mass is 10.1. The summed E-state index contributed by atoms with van der Waals surface area (Å²) in [5.41, 5.74) is 0. The van der Waals surface area contributed by atoms with Gasteiger partial charge in [-0.15, -0.1) is 0 Å². The molecule has 1 rings (SSSR count). The second-order valence-electron chi connectivity index (χ2n) is 3.43. The molecule has 74 valence electrons. The van der Waals surface area contributed by atoms with Gasteiger partial charge in [-0.1, -0.05) is 12.2 Å². The van der Waals surface area contributed by atoms with Crippen molar-refractivity contribution in [2.75, 3.05) is 7.05 Å². The van der Waals surface area contributed by atoms with E-state index in [4.69, 9.17) is 4.74 Å². The van der Waals surface area contributed by atoms with Crippen molar-refractivity contribution >= 4 is 6.21 Å². The Labute approximate surface area is 79.3 Å². The second kappa shape index (κ2) is 5.02. The van der Waals surface area contributed by atoms with E-state index in [1.165, 1.54) is 19.7 Å². The molecule has 0 spiro atoms. The van der Waals surface area contributed by atoms with Crippen LogP contribution in [0, 0.1) is 5.21 Å². The first-order valence-electron chi connectivity index (χ1n) is 4.75. The van der Waals surface area contributed by atoms with E-state index in [1.807, 2.05) is 6.92 Å². The first kappa shape index (κ1) is 10.3. The van der Waals surface area contributed by atoms with Crippen molar-refractivity contribution in [1.82, 2.24) is 0 Å². The van der Waals surface area contributed by atoms with Gasteiger partial charge in [-0.3, -0.25) is 0 Å². The molecule has 0 aromatic carbocycles. The van der Waals surface area contributed by atoms with Crippen LogP contribution >= 0.6 is 0 Å². The van der Waals surface area contributed by atoms with Crippen LogP contribution in [0.5, 0.6) is 0 Å². The van der Waals surface area contributed by atoms with Crippen LogP contribution in [0.25, 0.3) is 0 Å². The van der Waals surface area contributed by atoms with Crippen LogP contribution in [0.3, 0.4) is 0 Å². The van der Waals surface area contributed by atoms with Crippen LogP contribution in [-0.4, -0.2) is 30.2 Å². The molecule has 13 heavy (non-hydrogen) atoms. The van der Waals surface area contributed by atoms with E-state index in [9.17, 15) is 5.21 Å². The lowest BCUT2D eigenvalue weighted by Gasteiger charge is -2.19. The molecular weight excluding hydrogens is 166 g/mol. The normalized spacial score (nSPS) is 26.0. The third-order valence-corrected chi connectivity index (χ3v) is 2.02. The highest BCUT2D eigenvalue weighted by Gasteiger charge is 2.12. The molecule has 0 bridgehead atoms. The summed E-state index contributed by atoms with van der Waals surface area (Å²) in [7, 11) is 1.47. The quantitative estimate of drug-likeness (QED) is 0.219. The van der Waals surface area contributed by atoms with Gasteiger partial charge >= 0.3 is 0 Å². The number of hydroxylamine groups is 1. The summed E-state index contributed by atoms with van der Waals surface area (Å²) in [4.78, 5) is 0. The average Bonchev–Trinajstić information content (AvgIpc) is 2.04. The molecule has 0 N–H and O–H groups in total. The fourth-order valence-corrected chi connectivity index (χ4v) is 1.50. The Hall–Kier alpha value is -0.830. The number of hydrogen-bond donors (Lipinski definition) is 0. The van der Waals surface area contributed by atoms with Crippen LogP contribution in [-0.2, 0) is 4.74 Å². The van der Waals surface area contributed by atoms with Crippen molar-refractivity contribution < 1.29 is 9.48 Å². The summed E-state index contributed by atoms with van der Waals surface area (Å²) in [6.07, 6.45) is 9.25. The summed E-state index contributed by atoms with van der Waals surface area (Å²) >= 11 is 0.